The molecule has 106 valence electrons. The van der Waals surface area contributed by atoms with Crippen LogP contribution in [0, 0.1) is 0 Å². The van der Waals surface area contributed by atoms with Gasteiger partial charge in [-0.3, -0.25) is 13.9 Å². The summed E-state index contributed by atoms with van der Waals surface area (Å²) in [5.41, 5.74) is 5.52. The van der Waals surface area contributed by atoms with E-state index in [1.807, 2.05) is 6.92 Å². The Hall–Kier alpha value is -1.76. The van der Waals surface area contributed by atoms with E-state index < -0.39 is 17.4 Å². The summed E-state index contributed by atoms with van der Waals surface area (Å²) in [7, 11) is 1.45. The molecule has 0 saturated carbocycles. The van der Waals surface area contributed by atoms with Gasteiger partial charge in [0.15, 0.2) is 0 Å². The number of nitrogens with zero attached hydrogens (tertiary/aromatic N) is 3. The molecule has 1 aromatic heterocycles. The molecule has 1 aliphatic heterocycles. The molecular formula is C12H20N4O3. The second kappa shape index (κ2) is 5.08. The molecule has 1 aliphatic rings. The Labute approximate surface area is 110 Å². The molecule has 1 fully saturated rings. The summed E-state index contributed by atoms with van der Waals surface area (Å²) in [6, 6.07) is 0. The van der Waals surface area contributed by atoms with Gasteiger partial charge in [0.05, 0.1) is 6.10 Å². The third kappa shape index (κ3) is 2.25. The molecule has 0 unspecified atom stereocenters. The maximum atomic E-state index is 12.2. The minimum atomic E-state index is -0.448. The Morgan fingerprint density at radius 1 is 1.42 bits per heavy atom. The fraction of sp³-hybridized carbons (Fsp3) is 0.667. The lowest BCUT2D eigenvalue weighted by atomic mass is 10.3. The van der Waals surface area contributed by atoms with Crippen LogP contribution in [0.3, 0.4) is 0 Å². The van der Waals surface area contributed by atoms with Gasteiger partial charge in [0.2, 0.25) is 0 Å². The Morgan fingerprint density at radius 2 is 2.11 bits per heavy atom. The van der Waals surface area contributed by atoms with Crippen molar-refractivity contribution in [1.82, 2.24) is 9.13 Å². The fourth-order valence-corrected chi connectivity index (χ4v) is 2.45. The van der Waals surface area contributed by atoms with Crippen LogP contribution < -0.4 is 21.9 Å². The number of hydrogen-bond donors (Lipinski definition) is 2. The molecule has 1 aromatic rings. The first-order chi connectivity index (χ1) is 8.97. The van der Waals surface area contributed by atoms with Crippen LogP contribution in [0.4, 0.5) is 11.5 Å². The first-order valence-electron chi connectivity index (χ1n) is 6.49. The summed E-state index contributed by atoms with van der Waals surface area (Å²) in [5, 5.41) is 9.58. The van der Waals surface area contributed by atoms with Crippen LogP contribution in [-0.4, -0.2) is 33.4 Å². The molecule has 0 aromatic carbocycles. The van der Waals surface area contributed by atoms with Crippen molar-refractivity contribution >= 4 is 11.5 Å². The Morgan fingerprint density at radius 3 is 2.63 bits per heavy atom. The maximum Gasteiger partial charge on any atom is 0.332 e. The van der Waals surface area contributed by atoms with Gasteiger partial charge in [-0.1, -0.05) is 6.92 Å². The van der Waals surface area contributed by atoms with Gasteiger partial charge in [-0.15, -0.1) is 0 Å². The van der Waals surface area contributed by atoms with Crippen LogP contribution in [0.1, 0.15) is 19.8 Å². The van der Waals surface area contributed by atoms with E-state index >= 15 is 0 Å². The lowest BCUT2D eigenvalue weighted by Gasteiger charge is -2.22. The third-order valence-corrected chi connectivity index (χ3v) is 3.49. The van der Waals surface area contributed by atoms with Crippen molar-refractivity contribution < 1.29 is 5.11 Å². The molecule has 1 saturated heterocycles. The fourth-order valence-electron chi connectivity index (χ4n) is 2.45. The van der Waals surface area contributed by atoms with E-state index in [0.717, 1.165) is 11.0 Å². The maximum absolute atomic E-state index is 12.2. The molecular weight excluding hydrogens is 248 g/mol. The van der Waals surface area contributed by atoms with Gasteiger partial charge in [-0.25, -0.2) is 4.79 Å². The highest BCUT2D eigenvalue weighted by molar-refractivity contribution is 5.63. The third-order valence-electron chi connectivity index (χ3n) is 3.49. The first kappa shape index (κ1) is 13.7. The van der Waals surface area contributed by atoms with Gasteiger partial charge in [0.25, 0.3) is 5.56 Å². The number of nitrogen functional groups attached to an aromatic ring is 1. The summed E-state index contributed by atoms with van der Waals surface area (Å²) in [6.07, 6.45) is 0.913. The summed E-state index contributed by atoms with van der Waals surface area (Å²) >= 11 is 0. The Balaban J connectivity index is 2.60. The van der Waals surface area contributed by atoms with E-state index in [0.29, 0.717) is 31.7 Å². The van der Waals surface area contributed by atoms with Crippen LogP contribution in [0.5, 0.6) is 0 Å². The Bertz CT molecular complexity index is 590. The molecule has 7 nitrogen and oxygen atoms in total. The largest absolute Gasteiger partial charge is 0.391 e. The topological polar surface area (TPSA) is 93.5 Å². The van der Waals surface area contributed by atoms with Gasteiger partial charge >= 0.3 is 5.69 Å². The van der Waals surface area contributed by atoms with E-state index in [2.05, 4.69) is 0 Å². The average Bonchev–Trinajstić information content (AvgIpc) is 2.79. The predicted molar refractivity (Wildman–Crippen MR) is 73.5 cm³/mol. The van der Waals surface area contributed by atoms with Crippen molar-refractivity contribution in [3.8, 4) is 0 Å². The van der Waals surface area contributed by atoms with Crippen LogP contribution >= 0.6 is 0 Å². The number of rotatable bonds is 3. The molecule has 1 atom stereocenters. The van der Waals surface area contributed by atoms with Gasteiger partial charge in [-0.2, -0.15) is 0 Å². The molecule has 0 spiro atoms. The van der Waals surface area contributed by atoms with Gasteiger partial charge < -0.3 is 15.7 Å². The zero-order valence-electron chi connectivity index (χ0n) is 11.3. The molecule has 2 rings (SSSR count). The van der Waals surface area contributed by atoms with E-state index in [9.17, 15) is 14.7 Å². The van der Waals surface area contributed by atoms with Crippen molar-refractivity contribution in [3.05, 3.63) is 20.8 Å². The van der Waals surface area contributed by atoms with Crippen molar-refractivity contribution in [1.29, 1.82) is 0 Å². The second-order valence-corrected chi connectivity index (χ2v) is 4.92. The molecule has 0 amide bonds. The highest BCUT2D eigenvalue weighted by Crippen LogP contribution is 2.22. The van der Waals surface area contributed by atoms with Crippen molar-refractivity contribution in [2.75, 3.05) is 23.7 Å². The molecule has 0 radical (unpaired) electrons. The zero-order chi connectivity index (χ0) is 14.2. The number of nitrogens with two attached hydrogens (primary N) is 1. The number of aromatic nitrogens is 2. The summed E-state index contributed by atoms with van der Waals surface area (Å²) < 4.78 is 2.49. The van der Waals surface area contributed by atoms with Crippen LogP contribution in [0.2, 0.25) is 0 Å². The van der Waals surface area contributed by atoms with Crippen molar-refractivity contribution in [2.45, 2.75) is 32.4 Å². The van der Waals surface area contributed by atoms with Gasteiger partial charge in [-0.05, 0) is 12.8 Å². The second-order valence-electron chi connectivity index (χ2n) is 4.92. The van der Waals surface area contributed by atoms with E-state index in [4.69, 9.17) is 5.73 Å². The molecule has 7 heteroatoms. The lowest BCUT2D eigenvalue weighted by molar-refractivity contribution is 0.198. The lowest BCUT2D eigenvalue weighted by Crippen LogP contribution is -2.43. The monoisotopic (exact) mass is 268 g/mol. The first-order valence-corrected chi connectivity index (χ1v) is 6.49. The number of aliphatic hydroxyl groups is 1. The average molecular weight is 268 g/mol. The predicted octanol–water partition coefficient (Wildman–Crippen LogP) is -0.890. The van der Waals surface area contributed by atoms with Crippen LogP contribution in [0.25, 0.3) is 0 Å². The van der Waals surface area contributed by atoms with Crippen LogP contribution in [-0.2, 0) is 13.6 Å². The summed E-state index contributed by atoms with van der Waals surface area (Å²) in [5.74, 6) is 0.198. The molecule has 0 aliphatic carbocycles. The summed E-state index contributed by atoms with van der Waals surface area (Å²) in [4.78, 5) is 26.0. The standard InChI is InChI=1S/C12H20N4O3/c1-3-5-16-10(13)9(11(18)14(2)12(16)19)15-6-4-8(17)7-15/h8,17H,3-7,13H2,1-2H3/t8-/m1/s1. The van der Waals surface area contributed by atoms with Crippen molar-refractivity contribution in [2.24, 2.45) is 7.05 Å². The van der Waals surface area contributed by atoms with Gasteiger partial charge in [0.1, 0.15) is 11.5 Å². The molecule has 2 heterocycles. The van der Waals surface area contributed by atoms with E-state index in [1.165, 1.54) is 11.6 Å². The normalized spacial score (nSPS) is 19.1. The Kier molecular flexibility index (Phi) is 3.66. The minimum absolute atomic E-state index is 0.198. The summed E-state index contributed by atoms with van der Waals surface area (Å²) in [6.45, 7) is 3.37. The number of anilines is 2. The van der Waals surface area contributed by atoms with Crippen LogP contribution in [0.15, 0.2) is 9.59 Å². The van der Waals surface area contributed by atoms with Crippen molar-refractivity contribution in [3.63, 3.8) is 0 Å². The zero-order valence-corrected chi connectivity index (χ0v) is 11.3. The highest BCUT2D eigenvalue weighted by Gasteiger charge is 2.26. The van der Waals surface area contributed by atoms with E-state index in [-0.39, 0.29) is 5.82 Å². The smallest absolute Gasteiger partial charge is 0.332 e. The quantitative estimate of drug-likeness (QED) is 0.742. The number of aliphatic hydroxyl groups excluding tert-OH is 1. The van der Waals surface area contributed by atoms with Gasteiger partial charge in [0, 0.05) is 26.7 Å². The highest BCUT2D eigenvalue weighted by atomic mass is 16.3. The van der Waals surface area contributed by atoms with E-state index in [1.54, 1.807) is 4.90 Å². The molecule has 19 heavy (non-hydrogen) atoms. The SMILES string of the molecule is CCCn1c(N)c(N2CC[C@@H](O)C2)c(=O)n(C)c1=O. The molecule has 3 N–H and O–H groups in total. The number of hydrogen-bond acceptors (Lipinski definition) is 5. The number of β-amino-alcohol motifs (C(OH)–C–C–N with tert-alkyl or cyclic N) is 1. The minimum Gasteiger partial charge on any atom is -0.391 e. The molecule has 0 bridgehead atoms.